The van der Waals surface area contributed by atoms with Crippen molar-refractivity contribution >= 4 is 12.0 Å². The molecule has 0 aromatic heterocycles. The van der Waals surface area contributed by atoms with E-state index in [1.165, 1.54) is 0 Å². The lowest BCUT2D eigenvalue weighted by molar-refractivity contribution is -1.13. The number of aromatic hydroxyl groups is 1. The lowest BCUT2D eigenvalue weighted by Crippen LogP contribution is -2.82. The smallest absolute Gasteiger partial charge is 0.246 e. The number of piperidine rings is 1. The molecule has 39 heavy (non-hydrogen) atoms. The first-order valence-corrected chi connectivity index (χ1v) is 14.1. The fourth-order valence-electron chi connectivity index (χ4n) is 8.35. The van der Waals surface area contributed by atoms with Gasteiger partial charge in [-0.3, -0.25) is 4.79 Å². The molecule has 0 radical (unpaired) electrons. The van der Waals surface area contributed by atoms with Gasteiger partial charge in [0, 0.05) is 37.4 Å². The summed E-state index contributed by atoms with van der Waals surface area (Å²) in [7, 11) is 3.40. The third-order valence-electron chi connectivity index (χ3n) is 10.4. The van der Waals surface area contributed by atoms with Gasteiger partial charge >= 0.3 is 0 Å². The van der Waals surface area contributed by atoms with Crippen LogP contribution in [0.25, 0.3) is 6.08 Å². The number of amides is 1. The molecule has 5 aliphatic rings. The highest BCUT2D eigenvalue weighted by Crippen LogP contribution is 2.66. The summed E-state index contributed by atoms with van der Waals surface area (Å²) < 4.78 is 11.8. The van der Waals surface area contributed by atoms with Gasteiger partial charge in [-0.2, -0.15) is 4.65 Å². The van der Waals surface area contributed by atoms with Crippen LogP contribution in [0.2, 0.25) is 0 Å². The Morgan fingerprint density at radius 3 is 2.82 bits per heavy atom. The van der Waals surface area contributed by atoms with Gasteiger partial charge in [0.2, 0.25) is 5.91 Å². The van der Waals surface area contributed by atoms with Crippen molar-refractivity contribution in [2.24, 2.45) is 5.92 Å². The predicted octanol–water partition coefficient (Wildman–Crippen LogP) is 3.41. The van der Waals surface area contributed by atoms with Crippen molar-refractivity contribution < 1.29 is 34.3 Å². The molecule has 2 aromatic carbocycles. The molecule has 2 aromatic rings. The van der Waals surface area contributed by atoms with E-state index < -0.39 is 17.1 Å². The first-order chi connectivity index (χ1) is 18.7. The molecule has 3 aliphatic carbocycles. The summed E-state index contributed by atoms with van der Waals surface area (Å²) in [5.41, 5.74) is 0.798. The zero-order valence-electron chi connectivity index (χ0n) is 22.5. The molecule has 1 unspecified atom stereocenters. The minimum atomic E-state index is -1.19. The van der Waals surface area contributed by atoms with Crippen LogP contribution in [0.3, 0.4) is 0 Å². The SMILES string of the molecule is COc1cccc(C=CC(=O)N(C)[C@@H]2CC[C@@]3(O)[C@H]4Cc5ccc(O)c6c5[C@@]3(CC[N+]4(O)CC3CC3)[C@H]2O6)c1. The second kappa shape index (κ2) is 8.46. The summed E-state index contributed by atoms with van der Waals surface area (Å²) in [6.45, 7) is 1.20. The number of phenolic OH excluding ortho intramolecular Hbond substituents is 1. The number of likely N-dealkylation sites (tertiary alicyclic amines) is 1. The normalized spacial score (nSPS) is 35.8. The van der Waals surface area contributed by atoms with Crippen molar-refractivity contribution in [3.05, 3.63) is 59.2 Å². The summed E-state index contributed by atoms with van der Waals surface area (Å²) in [5.74, 6) is 1.58. The van der Waals surface area contributed by atoms with Crippen molar-refractivity contribution in [2.45, 2.75) is 67.7 Å². The molecule has 206 valence electrons. The van der Waals surface area contributed by atoms with E-state index in [9.17, 15) is 20.2 Å². The highest BCUT2D eigenvalue weighted by atomic mass is 16.6. The number of hydroxylamine groups is 3. The molecule has 1 amide bonds. The first kappa shape index (κ1) is 24.9. The Labute approximate surface area is 228 Å². The number of methoxy groups -OCH3 is 1. The number of phenols is 1. The average Bonchev–Trinajstić information content (AvgIpc) is 3.66. The Morgan fingerprint density at radius 2 is 2.05 bits per heavy atom. The fourth-order valence-corrected chi connectivity index (χ4v) is 8.35. The number of hydrogen-bond acceptors (Lipinski definition) is 6. The largest absolute Gasteiger partial charge is 0.504 e. The highest BCUT2D eigenvalue weighted by molar-refractivity contribution is 5.92. The fraction of sp³-hybridized carbons (Fsp3) is 0.516. The minimum Gasteiger partial charge on any atom is -0.504 e. The molecule has 8 heteroatoms. The number of ether oxygens (including phenoxy) is 2. The Morgan fingerprint density at radius 1 is 1.23 bits per heavy atom. The number of carbonyl (C=O) groups excluding carboxylic acids is 1. The Kier molecular flexibility index (Phi) is 5.41. The lowest BCUT2D eigenvalue weighted by Gasteiger charge is -2.64. The van der Waals surface area contributed by atoms with Crippen molar-refractivity contribution in [3.63, 3.8) is 0 Å². The summed E-state index contributed by atoms with van der Waals surface area (Å²) in [4.78, 5) is 15.2. The molecular weight excluding hydrogens is 496 g/mol. The van der Waals surface area contributed by atoms with E-state index in [0.717, 1.165) is 35.3 Å². The molecule has 6 atom stereocenters. The van der Waals surface area contributed by atoms with Gasteiger partial charge in [-0.1, -0.05) is 18.2 Å². The predicted molar refractivity (Wildman–Crippen MR) is 144 cm³/mol. The van der Waals surface area contributed by atoms with Crippen LogP contribution in [0, 0.1) is 5.92 Å². The molecule has 2 heterocycles. The van der Waals surface area contributed by atoms with Gasteiger partial charge in [0.15, 0.2) is 17.5 Å². The topological polar surface area (TPSA) is 99.5 Å². The van der Waals surface area contributed by atoms with Crippen LogP contribution in [0.4, 0.5) is 0 Å². The van der Waals surface area contributed by atoms with Crippen LogP contribution < -0.4 is 9.47 Å². The maximum atomic E-state index is 13.4. The number of hydrogen-bond donors (Lipinski definition) is 3. The number of benzene rings is 2. The highest BCUT2D eigenvalue weighted by Gasteiger charge is 2.77. The van der Waals surface area contributed by atoms with Gasteiger partial charge in [0.25, 0.3) is 0 Å². The van der Waals surface area contributed by atoms with Gasteiger partial charge in [-0.25, -0.2) is 5.21 Å². The second-order valence-corrected chi connectivity index (χ2v) is 12.4. The number of nitrogens with zero attached hydrogens (tertiary/aromatic N) is 2. The van der Waals surface area contributed by atoms with Crippen LogP contribution in [0.1, 0.15) is 48.8 Å². The van der Waals surface area contributed by atoms with Crippen LogP contribution in [0.15, 0.2) is 42.5 Å². The lowest BCUT2D eigenvalue weighted by atomic mass is 9.48. The molecule has 3 N–H and O–H groups in total. The number of carbonyl (C=O) groups is 1. The van der Waals surface area contributed by atoms with E-state index >= 15 is 0 Å². The van der Waals surface area contributed by atoms with Crippen LogP contribution >= 0.6 is 0 Å². The summed E-state index contributed by atoms with van der Waals surface area (Å²) in [5, 5.41) is 35.5. The molecule has 2 bridgehead atoms. The van der Waals surface area contributed by atoms with Crippen molar-refractivity contribution in [1.29, 1.82) is 0 Å². The maximum absolute atomic E-state index is 13.4. The van der Waals surface area contributed by atoms with E-state index in [2.05, 4.69) is 0 Å². The monoisotopic (exact) mass is 533 g/mol. The number of rotatable bonds is 6. The van der Waals surface area contributed by atoms with Crippen molar-refractivity contribution in [3.8, 4) is 17.2 Å². The standard InChI is InChI=1S/C31H36N2O6/c1-32(26(35)11-8-19-4-3-5-22(16-19)38-2)23-12-13-31(36)25-17-21-9-10-24(34)28-27(21)30(31,29(23)39-28)14-15-33(25,37)18-20-6-7-20/h3-5,8-11,16,20,23,25,29,36-37H,6-7,12-15,17-18H2,1-2H3/p+1/t23-,25-,29+,30+,31-,33?/m1/s1. The van der Waals surface area contributed by atoms with E-state index in [1.807, 2.05) is 30.3 Å². The molecule has 8 nitrogen and oxygen atoms in total. The minimum absolute atomic E-state index is 0.0669. The zero-order chi connectivity index (χ0) is 27.2. The van der Waals surface area contributed by atoms with Crippen molar-refractivity contribution in [2.75, 3.05) is 27.2 Å². The van der Waals surface area contributed by atoms with Gasteiger partial charge in [-0.05, 0) is 61.1 Å². The zero-order valence-corrected chi connectivity index (χ0v) is 22.5. The van der Waals surface area contributed by atoms with Crippen LogP contribution in [0.5, 0.6) is 17.2 Å². The molecule has 3 fully saturated rings. The quantitative estimate of drug-likeness (QED) is 0.389. The number of likely N-dealkylation sites (N-methyl/N-ethyl adjacent to an activating group) is 1. The molecular formula is C31H37N2O6+. The van der Waals surface area contributed by atoms with E-state index in [1.54, 1.807) is 37.3 Å². The number of quaternary nitrogens is 1. The molecule has 2 saturated carbocycles. The van der Waals surface area contributed by atoms with Gasteiger partial charge in [0.05, 0.1) is 18.6 Å². The summed E-state index contributed by atoms with van der Waals surface area (Å²) >= 11 is 0. The third kappa shape index (κ3) is 3.44. The molecule has 1 saturated heterocycles. The first-order valence-electron chi connectivity index (χ1n) is 14.1. The van der Waals surface area contributed by atoms with Crippen LogP contribution in [-0.4, -0.2) is 81.9 Å². The van der Waals surface area contributed by atoms with E-state index in [0.29, 0.717) is 50.4 Å². The average molecular weight is 534 g/mol. The molecule has 7 rings (SSSR count). The molecule has 1 spiro atoms. The Balaban J connectivity index is 1.25. The van der Waals surface area contributed by atoms with Crippen molar-refractivity contribution in [1.82, 2.24) is 4.90 Å². The van der Waals surface area contributed by atoms with Gasteiger partial charge in [-0.15, -0.1) is 0 Å². The summed E-state index contributed by atoms with van der Waals surface area (Å²) in [6, 6.07) is 10.5. The van der Waals surface area contributed by atoms with Gasteiger partial charge < -0.3 is 24.6 Å². The number of aliphatic hydroxyl groups is 1. The Bertz CT molecular complexity index is 1370. The van der Waals surface area contributed by atoms with Gasteiger partial charge in [0.1, 0.15) is 30.5 Å². The van der Waals surface area contributed by atoms with E-state index in [4.69, 9.17) is 9.47 Å². The Hall–Kier alpha value is -3.07. The van der Waals surface area contributed by atoms with Crippen LogP contribution in [-0.2, 0) is 16.6 Å². The second-order valence-electron chi connectivity index (χ2n) is 12.4. The van der Waals surface area contributed by atoms with E-state index in [-0.39, 0.29) is 28.4 Å². The maximum Gasteiger partial charge on any atom is 0.246 e. The summed E-state index contributed by atoms with van der Waals surface area (Å²) in [6.07, 6.45) is 7.17. The third-order valence-corrected chi connectivity index (χ3v) is 10.4. The molecule has 2 aliphatic heterocycles.